The van der Waals surface area contributed by atoms with Gasteiger partial charge >= 0.3 is 0 Å². The molecule has 0 atom stereocenters. The molecule has 4 rings (SSSR count). The third-order valence-electron chi connectivity index (χ3n) is 3.92. The molecule has 44 heavy (non-hydrogen) atoms. The monoisotopic (exact) mass is 614 g/mol. The molecule has 0 unspecified atom stereocenters. The minimum Gasteiger partial charge on any atom is -0.497 e. The van der Waals surface area contributed by atoms with Gasteiger partial charge < -0.3 is 29.2 Å². The van der Waals surface area contributed by atoms with Crippen LogP contribution in [0.15, 0.2) is 121 Å². The molecule has 0 aliphatic carbocycles. The molecule has 0 aliphatic rings. The molecule has 4 aromatic rings. The fourth-order valence-electron chi connectivity index (χ4n) is 2.23. The summed E-state index contributed by atoms with van der Waals surface area (Å²) in [5.74, 6) is 3.64. The van der Waals surface area contributed by atoms with Gasteiger partial charge in [-0.25, -0.2) is 0 Å². The Labute approximate surface area is 270 Å². The van der Waals surface area contributed by atoms with E-state index in [1.54, 1.807) is 42.3 Å². The normalized spacial score (nSPS) is 7.64. The van der Waals surface area contributed by atoms with Gasteiger partial charge in [0.2, 0.25) is 0 Å². The van der Waals surface area contributed by atoms with Gasteiger partial charge in [0.15, 0.2) is 0 Å². The molecule has 0 bridgehead atoms. The summed E-state index contributed by atoms with van der Waals surface area (Å²) in [5.41, 5.74) is 0. The molecule has 0 fully saturated rings. The first-order chi connectivity index (χ1) is 21.5. The molecule has 0 spiro atoms. The second kappa shape index (κ2) is 46.0. The van der Waals surface area contributed by atoms with Gasteiger partial charge in [0.1, 0.15) is 23.0 Å². The summed E-state index contributed by atoms with van der Waals surface area (Å²) in [4.78, 5) is 0. The Hall–Kier alpha value is -4.00. The Morgan fingerprint density at radius 1 is 0.364 bits per heavy atom. The number of benzene rings is 4. The van der Waals surface area contributed by atoms with Crippen LogP contribution in [0.2, 0.25) is 0 Å². The van der Waals surface area contributed by atoms with E-state index in [1.165, 1.54) is 0 Å². The molecule has 4 aromatic carbocycles. The van der Waals surface area contributed by atoms with Gasteiger partial charge in [-0.1, -0.05) is 114 Å². The van der Waals surface area contributed by atoms with Gasteiger partial charge in [-0.05, 0) is 62.4 Å². The average Bonchev–Trinajstić information content (AvgIpc) is 3.13. The Kier molecular flexibility index (Phi) is 51.9. The Bertz CT molecular complexity index is 791. The van der Waals surface area contributed by atoms with E-state index in [1.807, 2.05) is 163 Å². The summed E-state index contributed by atoms with van der Waals surface area (Å²) >= 11 is 0. The van der Waals surface area contributed by atoms with Crippen LogP contribution in [0.4, 0.5) is 0 Å². The van der Waals surface area contributed by atoms with E-state index >= 15 is 0 Å². The zero-order valence-electron chi connectivity index (χ0n) is 29.7. The molecule has 2 N–H and O–H groups in total. The Morgan fingerprint density at radius 3 is 0.545 bits per heavy atom. The highest BCUT2D eigenvalue weighted by Crippen LogP contribution is 2.07. The summed E-state index contributed by atoms with van der Waals surface area (Å²) in [6.07, 6.45) is -0.167. The zero-order valence-corrected chi connectivity index (χ0v) is 29.7. The first-order valence-corrected chi connectivity index (χ1v) is 15.0. The van der Waals surface area contributed by atoms with Gasteiger partial charge in [-0.2, -0.15) is 0 Å². The highest BCUT2D eigenvalue weighted by Gasteiger charge is 1.82. The first-order valence-electron chi connectivity index (χ1n) is 15.0. The highest BCUT2D eigenvalue weighted by molar-refractivity contribution is 5.22. The van der Waals surface area contributed by atoms with E-state index in [0.29, 0.717) is 0 Å². The van der Waals surface area contributed by atoms with E-state index < -0.39 is 0 Å². The van der Waals surface area contributed by atoms with Gasteiger partial charge in [0, 0.05) is 13.2 Å². The molecule has 250 valence electrons. The topological polar surface area (TPSA) is 77.4 Å². The van der Waals surface area contributed by atoms with Crippen molar-refractivity contribution in [1.29, 1.82) is 0 Å². The molecule has 0 amide bonds. The number of methoxy groups -OCH3 is 4. The van der Waals surface area contributed by atoms with Crippen LogP contribution in [0.25, 0.3) is 0 Å². The highest BCUT2D eigenvalue weighted by atomic mass is 16.5. The number of hydrogen-bond acceptors (Lipinski definition) is 6. The van der Waals surface area contributed by atoms with Crippen LogP contribution in [0.1, 0.15) is 55.4 Å². The number of ether oxygens (including phenoxy) is 4. The van der Waals surface area contributed by atoms with E-state index in [-0.39, 0.29) is 6.10 Å². The van der Waals surface area contributed by atoms with Crippen molar-refractivity contribution in [3.05, 3.63) is 121 Å². The van der Waals surface area contributed by atoms with Crippen LogP contribution in [-0.4, -0.2) is 51.9 Å². The average molecular weight is 615 g/mol. The molecule has 0 saturated heterocycles. The second-order valence-electron chi connectivity index (χ2n) is 7.16. The molecular formula is C38H62O6. The fraction of sp³-hybridized carbons (Fsp3) is 0.368. The van der Waals surface area contributed by atoms with Crippen molar-refractivity contribution in [3.8, 4) is 23.0 Å². The van der Waals surface area contributed by atoms with E-state index in [9.17, 15) is 0 Å². The summed E-state index contributed by atoms with van der Waals surface area (Å²) in [6.45, 7) is 15.4. The van der Waals surface area contributed by atoms with Crippen LogP contribution < -0.4 is 18.9 Å². The minimum absolute atomic E-state index is 0.167. The van der Waals surface area contributed by atoms with Crippen molar-refractivity contribution in [2.75, 3.05) is 35.5 Å². The van der Waals surface area contributed by atoms with Crippen molar-refractivity contribution in [1.82, 2.24) is 0 Å². The standard InChI is InChI=1S/4C7H8O.C3H8O.3C2H6.CH4O/c4*1-8-7-5-3-2-4-6-7;1-3(2)4;4*1-2/h4*2-6H,1H3;3-4H,1-2H3;3*1-2H3;2H,1H3. The molecule has 0 aromatic heterocycles. The summed E-state index contributed by atoms with van der Waals surface area (Å²) in [6, 6.07) is 38.7. The van der Waals surface area contributed by atoms with Gasteiger partial charge in [0.25, 0.3) is 0 Å². The molecule has 6 heteroatoms. The number of aliphatic hydroxyl groups excluding tert-OH is 2. The third kappa shape index (κ3) is 40.1. The maximum Gasteiger partial charge on any atom is 0.118 e. The number of hydrogen-bond donors (Lipinski definition) is 2. The molecule has 0 radical (unpaired) electrons. The van der Waals surface area contributed by atoms with Crippen LogP contribution in [0.5, 0.6) is 23.0 Å². The third-order valence-corrected chi connectivity index (χ3v) is 3.92. The number of rotatable bonds is 4. The zero-order chi connectivity index (χ0) is 34.9. The lowest BCUT2D eigenvalue weighted by molar-refractivity contribution is 0.216. The first kappa shape index (κ1) is 49.7. The molecule has 6 nitrogen and oxygen atoms in total. The predicted octanol–water partition coefficient (Wildman–Crippen LogP) is 9.86. The van der Waals surface area contributed by atoms with Crippen LogP contribution in [0.3, 0.4) is 0 Å². The molecule has 0 saturated carbocycles. The maximum atomic E-state index is 8.06. The number of aliphatic hydroxyl groups is 2. The Morgan fingerprint density at radius 2 is 0.477 bits per heavy atom. The lowest BCUT2D eigenvalue weighted by Gasteiger charge is -1.93. The minimum atomic E-state index is -0.167. The van der Waals surface area contributed by atoms with E-state index in [4.69, 9.17) is 29.2 Å². The van der Waals surface area contributed by atoms with E-state index in [0.717, 1.165) is 30.1 Å². The van der Waals surface area contributed by atoms with Gasteiger partial charge in [0.05, 0.1) is 28.4 Å². The lowest BCUT2D eigenvalue weighted by atomic mass is 10.3. The SMILES string of the molecule is CC.CC.CC.CC(C)O.CO.COc1ccccc1.COc1ccccc1.COc1ccccc1.COc1ccccc1. The molecular weight excluding hydrogens is 552 g/mol. The quantitative estimate of drug-likeness (QED) is 0.238. The summed E-state index contributed by atoms with van der Waals surface area (Å²) < 4.78 is 19.7. The Balaban J connectivity index is -0.000000138. The summed E-state index contributed by atoms with van der Waals surface area (Å²) in [5, 5.41) is 15.1. The van der Waals surface area contributed by atoms with Gasteiger partial charge in [-0.3, -0.25) is 0 Å². The van der Waals surface area contributed by atoms with Crippen molar-refractivity contribution < 1.29 is 29.2 Å². The lowest BCUT2D eigenvalue weighted by Crippen LogP contribution is -1.85. The fourth-order valence-corrected chi connectivity index (χ4v) is 2.23. The summed E-state index contributed by atoms with van der Waals surface area (Å²) in [7, 11) is 7.65. The van der Waals surface area contributed by atoms with Crippen molar-refractivity contribution in [3.63, 3.8) is 0 Å². The van der Waals surface area contributed by atoms with E-state index in [2.05, 4.69) is 0 Å². The van der Waals surface area contributed by atoms with Gasteiger partial charge in [-0.15, -0.1) is 0 Å². The predicted molar refractivity (Wildman–Crippen MR) is 192 cm³/mol. The van der Waals surface area contributed by atoms with Crippen LogP contribution in [-0.2, 0) is 0 Å². The van der Waals surface area contributed by atoms with Crippen molar-refractivity contribution >= 4 is 0 Å². The molecule has 0 heterocycles. The maximum absolute atomic E-state index is 8.06. The van der Waals surface area contributed by atoms with Crippen molar-refractivity contribution in [2.24, 2.45) is 0 Å². The molecule has 0 aliphatic heterocycles. The van der Waals surface area contributed by atoms with Crippen LogP contribution in [0, 0.1) is 0 Å². The smallest absolute Gasteiger partial charge is 0.118 e. The van der Waals surface area contributed by atoms with Crippen molar-refractivity contribution in [2.45, 2.75) is 61.5 Å². The number of para-hydroxylation sites is 4. The largest absolute Gasteiger partial charge is 0.497 e. The second-order valence-corrected chi connectivity index (χ2v) is 7.16. The van der Waals surface area contributed by atoms with Crippen LogP contribution >= 0.6 is 0 Å².